The van der Waals surface area contributed by atoms with Crippen LogP contribution in [0.15, 0.2) is 46.0 Å². The van der Waals surface area contributed by atoms with Gasteiger partial charge in [-0.15, -0.1) is 0 Å². The number of hydrogen-bond donors (Lipinski definition) is 1. The molecule has 2 aliphatic rings. The van der Waals surface area contributed by atoms with Crippen molar-refractivity contribution in [1.29, 1.82) is 0 Å². The molecule has 10 heteroatoms. The molecule has 1 aromatic carbocycles. The SMILES string of the molecule is COC(=O)c1cn(Cc2nc(-c3ccc(Cl)cc3)no2)cc2c(=O)[nH]nc1-2. The van der Waals surface area contributed by atoms with E-state index < -0.39 is 11.5 Å². The maximum absolute atomic E-state index is 12.0. The number of nitrogens with one attached hydrogen (secondary N) is 1. The Kier molecular flexibility index (Phi) is 4.21. The minimum absolute atomic E-state index is 0.158. The van der Waals surface area contributed by atoms with Crippen LogP contribution in [0.2, 0.25) is 5.02 Å². The van der Waals surface area contributed by atoms with E-state index in [0.717, 1.165) is 5.56 Å². The van der Waals surface area contributed by atoms with E-state index in [9.17, 15) is 9.59 Å². The second-order valence-electron chi connectivity index (χ2n) is 5.67. The third kappa shape index (κ3) is 3.20. The Morgan fingerprint density at radius 2 is 2.07 bits per heavy atom. The second-order valence-corrected chi connectivity index (χ2v) is 6.11. The Hall–Kier alpha value is -3.46. The Balaban J connectivity index is 1.69. The molecule has 0 amide bonds. The van der Waals surface area contributed by atoms with E-state index in [1.165, 1.54) is 13.3 Å². The highest BCUT2D eigenvalue weighted by Gasteiger charge is 2.22. The van der Waals surface area contributed by atoms with Gasteiger partial charge in [0.1, 0.15) is 17.8 Å². The first-order chi connectivity index (χ1) is 13.0. The fraction of sp³-hybridized carbons (Fsp3) is 0.118. The topological polar surface area (TPSA) is 116 Å². The largest absolute Gasteiger partial charge is 0.465 e. The molecule has 1 N–H and O–H groups in total. The molecule has 9 nitrogen and oxygen atoms in total. The summed E-state index contributed by atoms with van der Waals surface area (Å²) in [7, 11) is 1.26. The molecule has 0 bridgehead atoms. The zero-order valence-corrected chi connectivity index (χ0v) is 14.7. The quantitative estimate of drug-likeness (QED) is 0.535. The number of benzene rings is 1. The second kappa shape index (κ2) is 6.69. The van der Waals surface area contributed by atoms with Gasteiger partial charge in [0.25, 0.3) is 5.56 Å². The lowest BCUT2D eigenvalue weighted by Crippen LogP contribution is -2.12. The number of halogens is 1. The van der Waals surface area contributed by atoms with Crippen molar-refractivity contribution < 1.29 is 14.1 Å². The van der Waals surface area contributed by atoms with Crippen LogP contribution < -0.4 is 5.56 Å². The van der Waals surface area contributed by atoms with E-state index in [2.05, 4.69) is 20.3 Å². The summed E-state index contributed by atoms with van der Waals surface area (Å²) in [6.45, 7) is 0.158. The lowest BCUT2D eigenvalue weighted by molar-refractivity contribution is 0.0600. The summed E-state index contributed by atoms with van der Waals surface area (Å²) < 4.78 is 11.6. The first kappa shape index (κ1) is 17.0. The maximum Gasteiger partial charge on any atom is 0.341 e. The molecule has 0 unspecified atom stereocenters. The Morgan fingerprint density at radius 3 is 2.81 bits per heavy atom. The number of rotatable bonds is 4. The van der Waals surface area contributed by atoms with E-state index >= 15 is 0 Å². The zero-order chi connectivity index (χ0) is 19.0. The minimum atomic E-state index is -0.603. The Bertz CT molecular complexity index is 1140. The molecule has 4 rings (SSSR count). The Morgan fingerprint density at radius 1 is 1.30 bits per heavy atom. The number of ether oxygens (including phenoxy) is 1. The number of esters is 1. The number of fused-ring (bicyclic) bond motifs is 1. The number of H-pyrrole nitrogens is 1. The predicted molar refractivity (Wildman–Crippen MR) is 94.7 cm³/mol. The first-order valence-electron chi connectivity index (χ1n) is 7.80. The van der Waals surface area contributed by atoms with Crippen molar-refractivity contribution in [2.24, 2.45) is 0 Å². The van der Waals surface area contributed by atoms with Gasteiger partial charge in [0, 0.05) is 23.0 Å². The van der Waals surface area contributed by atoms with E-state index in [1.54, 1.807) is 35.0 Å². The summed E-state index contributed by atoms with van der Waals surface area (Å²) in [5.41, 5.74) is 1.01. The van der Waals surface area contributed by atoms with Crippen molar-refractivity contribution in [2.45, 2.75) is 6.54 Å². The summed E-state index contributed by atoms with van der Waals surface area (Å²) in [5, 5.41) is 10.7. The van der Waals surface area contributed by atoms with E-state index in [1.807, 2.05) is 0 Å². The summed E-state index contributed by atoms with van der Waals surface area (Å²) in [6.07, 6.45) is 3.07. The molecule has 0 fully saturated rings. The molecule has 0 aliphatic carbocycles. The molecule has 2 aromatic rings. The van der Waals surface area contributed by atoms with E-state index in [4.69, 9.17) is 20.9 Å². The molecule has 1 aromatic heterocycles. The Labute approximate surface area is 156 Å². The smallest absolute Gasteiger partial charge is 0.341 e. The molecule has 0 saturated carbocycles. The van der Waals surface area contributed by atoms with Gasteiger partial charge in [0.15, 0.2) is 0 Å². The fourth-order valence-corrected chi connectivity index (χ4v) is 2.76. The van der Waals surface area contributed by atoms with Crippen LogP contribution in [0.4, 0.5) is 0 Å². The standard InChI is InChI=1S/C17H12ClN5O4/c1-26-17(25)12-7-23(6-11-14(12)20-21-16(11)24)8-13-19-15(22-27-13)9-2-4-10(18)5-3-9/h2-7H,8H2,1H3,(H,21,24). The van der Waals surface area contributed by atoms with Crippen LogP contribution in [0.25, 0.3) is 22.6 Å². The van der Waals surface area contributed by atoms with Crippen molar-refractivity contribution >= 4 is 17.6 Å². The first-order valence-corrected chi connectivity index (χ1v) is 8.18. The third-order valence-corrected chi connectivity index (χ3v) is 4.16. The van der Waals surface area contributed by atoms with Gasteiger partial charge in [0.05, 0.1) is 12.7 Å². The van der Waals surface area contributed by atoms with Crippen LogP contribution >= 0.6 is 11.6 Å². The summed E-state index contributed by atoms with van der Waals surface area (Å²) >= 11 is 5.88. The number of carbonyl (C=O) groups excluding carboxylic acids is 1. The highest BCUT2D eigenvalue weighted by atomic mass is 35.5. The number of aromatic nitrogens is 5. The van der Waals surface area contributed by atoms with Crippen LogP contribution in [0.1, 0.15) is 16.2 Å². The molecule has 3 heterocycles. The van der Waals surface area contributed by atoms with Crippen LogP contribution in [-0.2, 0) is 11.3 Å². The van der Waals surface area contributed by atoms with Gasteiger partial charge in [-0.05, 0) is 24.3 Å². The third-order valence-electron chi connectivity index (χ3n) is 3.91. The highest BCUT2D eigenvalue weighted by Crippen LogP contribution is 2.22. The van der Waals surface area contributed by atoms with Crippen molar-refractivity contribution in [3.63, 3.8) is 0 Å². The van der Waals surface area contributed by atoms with Crippen molar-refractivity contribution in [1.82, 2.24) is 24.9 Å². The van der Waals surface area contributed by atoms with Crippen LogP contribution in [0.3, 0.4) is 0 Å². The number of carbonyl (C=O) groups is 1. The zero-order valence-electron chi connectivity index (χ0n) is 14.0. The van der Waals surface area contributed by atoms with Crippen LogP contribution in [-0.4, -0.2) is 38.0 Å². The predicted octanol–water partition coefficient (Wildman–Crippen LogP) is 2.21. The maximum atomic E-state index is 12.0. The number of nitrogens with zero attached hydrogens (tertiary/aromatic N) is 4. The van der Waals surface area contributed by atoms with Crippen LogP contribution in [0, 0.1) is 0 Å². The lowest BCUT2D eigenvalue weighted by Gasteiger charge is -2.09. The van der Waals surface area contributed by atoms with E-state index in [-0.39, 0.29) is 23.4 Å². The molecule has 0 saturated heterocycles. The molecule has 136 valence electrons. The van der Waals surface area contributed by atoms with Gasteiger partial charge in [-0.25, -0.2) is 9.89 Å². The molecular weight excluding hydrogens is 374 g/mol. The van der Waals surface area contributed by atoms with Crippen molar-refractivity contribution in [2.75, 3.05) is 7.11 Å². The highest BCUT2D eigenvalue weighted by molar-refractivity contribution is 6.30. The van der Waals surface area contributed by atoms with Gasteiger partial charge >= 0.3 is 5.97 Å². The number of methoxy groups -OCH3 is 1. The summed E-state index contributed by atoms with van der Waals surface area (Å²) in [5.74, 6) is 0.105. The minimum Gasteiger partial charge on any atom is -0.465 e. The molecule has 27 heavy (non-hydrogen) atoms. The molecule has 0 atom stereocenters. The average molecular weight is 386 g/mol. The van der Waals surface area contributed by atoms with E-state index in [0.29, 0.717) is 16.7 Å². The lowest BCUT2D eigenvalue weighted by atomic mass is 10.1. The molecule has 0 spiro atoms. The molecule has 0 radical (unpaired) electrons. The van der Waals surface area contributed by atoms with Gasteiger partial charge in [0.2, 0.25) is 11.7 Å². The summed E-state index contributed by atoms with van der Waals surface area (Å²) in [6, 6.07) is 7.02. The van der Waals surface area contributed by atoms with Crippen molar-refractivity contribution in [3.8, 4) is 22.6 Å². The number of pyridine rings is 1. The molecule has 2 aliphatic heterocycles. The van der Waals surface area contributed by atoms with Crippen molar-refractivity contribution in [3.05, 3.63) is 63.5 Å². The molecular formula is C17H12ClN5O4. The van der Waals surface area contributed by atoms with Crippen LogP contribution in [0.5, 0.6) is 0 Å². The normalized spacial score (nSPS) is 11.0. The van der Waals surface area contributed by atoms with Gasteiger partial charge < -0.3 is 13.8 Å². The monoisotopic (exact) mass is 385 g/mol. The fourth-order valence-electron chi connectivity index (χ4n) is 2.63. The summed E-state index contributed by atoms with van der Waals surface area (Å²) in [4.78, 5) is 28.3. The van der Waals surface area contributed by atoms with Gasteiger partial charge in [-0.3, -0.25) is 4.79 Å². The average Bonchev–Trinajstić information content (AvgIpc) is 3.28. The van der Waals surface area contributed by atoms with Gasteiger partial charge in [-0.1, -0.05) is 16.8 Å². The van der Waals surface area contributed by atoms with Gasteiger partial charge in [-0.2, -0.15) is 10.1 Å². The number of aromatic amines is 1. The number of hydrogen-bond acceptors (Lipinski definition) is 7.